The highest BCUT2D eigenvalue weighted by atomic mass is 19.1. The van der Waals surface area contributed by atoms with Crippen molar-refractivity contribution in [2.45, 2.75) is 19.3 Å². The van der Waals surface area contributed by atoms with E-state index in [0.29, 0.717) is 16.9 Å². The van der Waals surface area contributed by atoms with Gasteiger partial charge in [-0.25, -0.2) is 4.39 Å². The molecule has 2 aromatic rings. The summed E-state index contributed by atoms with van der Waals surface area (Å²) >= 11 is 0. The maximum atomic E-state index is 13.3. The maximum Gasteiger partial charge on any atom is 0.255 e. The zero-order valence-corrected chi connectivity index (χ0v) is 14.9. The van der Waals surface area contributed by atoms with E-state index in [2.05, 4.69) is 16.0 Å². The fraction of sp³-hybridized carbons (Fsp3) is 0.333. The molecule has 2 aliphatic rings. The molecule has 0 aromatic heterocycles. The Bertz CT molecular complexity index is 877. The van der Waals surface area contributed by atoms with E-state index in [0.717, 1.165) is 32.4 Å². The lowest BCUT2D eigenvalue weighted by Crippen LogP contribution is -2.31. The molecule has 1 atom stereocenters. The molecule has 1 saturated heterocycles. The molecule has 1 heterocycles. The average Bonchev–Trinajstić information content (AvgIpc) is 3.35. The third kappa shape index (κ3) is 3.85. The number of benzene rings is 2. The standard InChI is InChI=1S/C21H22FN3O2/c22-15-4-2-6-17(12-15)24-19(26)14-3-1-5-16(11-14)25-20(27)18-13-21(18)7-9-23-10-8-21/h1-6,11-12,18,23H,7-10,13H2,(H,24,26)(H,25,27). The van der Waals surface area contributed by atoms with E-state index in [-0.39, 0.29) is 23.1 Å². The molecule has 2 aromatic carbocycles. The van der Waals surface area contributed by atoms with Gasteiger partial charge in [-0.2, -0.15) is 0 Å². The molecule has 0 radical (unpaired) electrons. The lowest BCUT2D eigenvalue weighted by molar-refractivity contribution is -0.118. The van der Waals surface area contributed by atoms with Gasteiger partial charge in [0.05, 0.1) is 0 Å². The monoisotopic (exact) mass is 367 g/mol. The lowest BCUT2D eigenvalue weighted by Gasteiger charge is -2.23. The normalized spacial score (nSPS) is 20.1. The van der Waals surface area contributed by atoms with Gasteiger partial charge in [0.2, 0.25) is 5.91 Å². The van der Waals surface area contributed by atoms with Crippen LogP contribution in [0.5, 0.6) is 0 Å². The van der Waals surface area contributed by atoms with Crippen LogP contribution >= 0.6 is 0 Å². The largest absolute Gasteiger partial charge is 0.326 e. The Morgan fingerprint density at radius 3 is 2.44 bits per heavy atom. The Balaban J connectivity index is 1.40. The summed E-state index contributed by atoms with van der Waals surface area (Å²) in [6, 6.07) is 12.5. The van der Waals surface area contributed by atoms with Crippen molar-refractivity contribution >= 4 is 23.2 Å². The predicted molar refractivity (Wildman–Crippen MR) is 102 cm³/mol. The van der Waals surface area contributed by atoms with Crippen LogP contribution in [-0.2, 0) is 4.79 Å². The van der Waals surface area contributed by atoms with Crippen LogP contribution in [0.4, 0.5) is 15.8 Å². The molecular formula is C21H22FN3O2. The fourth-order valence-electron chi connectivity index (χ4n) is 3.93. The number of anilines is 2. The molecule has 5 nitrogen and oxygen atoms in total. The molecular weight excluding hydrogens is 345 g/mol. The van der Waals surface area contributed by atoms with Gasteiger partial charge in [-0.15, -0.1) is 0 Å². The summed E-state index contributed by atoms with van der Waals surface area (Å²) in [5.74, 6) is -0.674. The van der Waals surface area contributed by atoms with Gasteiger partial charge in [-0.3, -0.25) is 9.59 Å². The van der Waals surface area contributed by atoms with E-state index in [4.69, 9.17) is 0 Å². The minimum Gasteiger partial charge on any atom is -0.326 e. The zero-order valence-electron chi connectivity index (χ0n) is 14.9. The SMILES string of the molecule is O=C(Nc1cccc(F)c1)c1cccc(NC(=O)C2CC23CCNCC3)c1. The molecule has 27 heavy (non-hydrogen) atoms. The summed E-state index contributed by atoms with van der Waals surface area (Å²) in [7, 11) is 0. The second-order valence-corrected chi connectivity index (χ2v) is 7.40. The topological polar surface area (TPSA) is 70.2 Å². The first kappa shape index (κ1) is 17.7. The number of carbonyl (C=O) groups is 2. The first-order chi connectivity index (χ1) is 13.1. The highest BCUT2D eigenvalue weighted by Gasteiger charge is 2.57. The van der Waals surface area contributed by atoms with Gasteiger partial charge in [0, 0.05) is 22.9 Å². The summed E-state index contributed by atoms with van der Waals surface area (Å²) < 4.78 is 13.3. The molecule has 6 heteroatoms. The first-order valence-electron chi connectivity index (χ1n) is 9.24. The van der Waals surface area contributed by atoms with Crippen molar-refractivity contribution in [2.75, 3.05) is 23.7 Å². The van der Waals surface area contributed by atoms with Gasteiger partial charge in [-0.05, 0) is 74.2 Å². The minimum absolute atomic E-state index is 0.0274. The van der Waals surface area contributed by atoms with E-state index in [9.17, 15) is 14.0 Å². The van der Waals surface area contributed by atoms with E-state index in [1.807, 2.05) is 0 Å². The van der Waals surface area contributed by atoms with E-state index in [1.54, 1.807) is 30.3 Å². The van der Waals surface area contributed by atoms with Crippen LogP contribution in [0.1, 0.15) is 29.6 Å². The second kappa shape index (κ2) is 7.12. The Morgan fingerprint density at radius 2 is 1.70 bits per heavy atom. The van der Waals surface area contributed by atoms with E-state index < -0.39 is 5.82 Å². The Kier molecular flexibility index (Phi) is 4.66. The van der Waals surface area contributed by atoms with Crippen molar-refractivity contribution in [3.8, 4) is 0 Å². The van der Waals surface area contributed by atoms with Gasteiger partial charge >= 0.3 is 0 Å². The van der Waals surface area contributed by atoms with Crippen molar-refractivity contribution in [3.05, 3.63) is 59.9 Å². The number of hydrogen-bond donors (Lipinski definition) is 3. The van der Waals surface area contributed by atoms with Crippen molar-refractivity contribution in [1.29, 1.82) is 0 Å². The van der Waals surface area contributed by atoms with Crippen molar-refractivity contribution in [1.82, 2.24) is 5.32 Å². The van der Waals surface area contributed by atoms with Crippen LogP contribution < -0.4 is 16.0 Å². The maximum absolute atomic E-state index is 13.3. The van der Waals surface area contributed by atoms with Crippen LogP contribution in [0.2, 0.25) is 0 Å². The summed E-state index contributed by atoms with van der Waals surface area (Å²) in [5, 5.41) is 8.94. The molecule has 1 aliphatic carbocycles. The Morgan fingerprint density at radius 1 is 1.00 bits per heavy atom. The lowest BCUT2D eigenvalue weighted by atomic mass is 9.92. The van der Waals surface area contributed by atoms with E-state index in [1.165, 1.54) is 18.2 Å². The number of carbonyl (C=O) groups excluding carboxylic acids is 2. The van der Waals surface area contributed by atoms with Crippen LogP contribution in [0.15, 0.2) is 48.5 Å². The number of piperidine rings is 1. The van der Waals surface area contributed by atoms with Crippen molar-refractivity contribution < 1.29 is 14.0 Å². The molecule has 1 unspecified atom stereocenters. The van der Waals surface area contributed by atoms with Gasteiger partial charge in [0.25, 0.3) is 5.91 Å². The highest BCUT2D eigenvalue weighted by molar-refractivity contribution is 6.05. The summed E-state index contributed by atoms with van der Waals surface area (Å²) in [5.41, 5.74) is 1.56. The number of rotatable bonds is 4. The van der Waals surface area contributed by atoms with Crippen LogP contribution in [0.3, 0.4) is 0 Å². The molecule has 3 N–H and O–H groups in total. The van der Waals surface area contributed by atoms with Gasteiger partial charge in [-0.1, -0.05) is 12.1 Å². The third-order valence-electron chi connectivity index (χ3n) is 5.58. The van der Waals surface area contributed by atoms with Crippen molar-refractivity contribution in [2.24, 2.45) is 11.3 Å². The molecule has 2 amide bonds. The van der Waals surface area contributed by atoms with Crippen molar-refractivity contribution in [3.63, 3.8) is 0 Å². The Hall–Kier alpha value is -2.73. The second-order valence-electron chi connectivity index (χ2n) is 7.40. The number of amides is 2. The number of nitrogens with one attached hydrogen (secondary N) is 3. The Labute approximate surface area is 157 Å². The predicted octanol–water partition coefficient (Wildman–Crippen LogP) is 3.41. The summed E-state index contributed by atoms with van der Waals surface area (Å²) in [6.07, 6.45) is 3.03. The number of hydrogen-bond acceptors (Lipinski definition) is 3. The third-order valence-corrected chi connectivity index (χ3v) is 5.58. The fourth-order valence-corrected chi connectivity index (χ4v) is 3.93. The molecule has 1 spiro atoms. The smallest absolute Gasteiger partial charge is 0.255 e. The van der Waals surface area contributed by atoms with Crippen LogP contribution in [-0.4, -0.2) is 24.9 Å². The summed E-state index contributed by atoms with van der Waals surface area (Å²) in [4.78, 5) is 25.0. The minimum atomic E-state index is -0.412. The highest BCUT2D eigenvalue weighted by Crippen LogP contribution is 2.58. The van der Waals surface area contributed by atoms with Gasteiger partial charge in [0.1, 0.15) is 5.82 Å². The summed E-state index contributed by atoms with van der Waals surface area (Å²) in [6.45, 7) is 1.94. The molecule has 0 bridgehead atoms. The number of halogens is 1. The van der Waals surface area contributed by atoms with Gasteiger partial charge < -0.3 is 16.0 Å². The molecule has 1 saturated carbocycles. The van der Waals surface area contributed by atoms with Crippen LogP contribution in [0.25, 0.3) is 0 Å². The first-order valence-corrected chi connectivity index (χ1v) is 9.24. The van der Waals surface area contributed by atoms with Crippen LogP contribution in [0, 0.1) is 17.2 Å². The van der Waals surface area contributed by atoms with E-state index >= 15 is 0 Å². The molecule has 1 aliphatic heterocycles. The molecule has 2 fully saturated rings. The average molecular weight is 367 g/mol. The molecule has 4 rings (SSSR count). The zero-order chi connectivity index (χ0) is 18.9. The van der Waals surface area contributed by atoms with Gasteiger partial charge in [0.15, 0.2) is 0 Å². The molecule has 140 valence electrons. The quantitative estimate of drug-likeness (QED) is 0.776.